The van der Waals surface area contributed by atoms with Crippen LogP contribution in [0.2, 0.25) is 0 Å². The number of hydrogen-bond acceptors (Lipinski definition) is 3. The summed E-state index contributed by atoms with van der Waals surface area (Å²) in [6, 6.07) is 0. The van der Waals surface area contributed by atoms with Crippen molar-refractivity contribution in [2.24, 2.45) is 0 Å². The van der Waals surface area contributed by atoms with Crippen molar-refractivity contribution in [1.82, 2.24) is 5.32 Å². The molecule has 0 saturated heterocycles. The Morgan fingerprint density at radius 1 is 1.05 bits per heavy atom. The minimum absolute atomic E-state index is 0.203. The van der Waals surface area contributed by atoms with Crippen LogP contribution in [0.1, 0.15) is 0 Å². The van der Waals surface area contributed by atoms with E-state index in [-0.39, 0.29) is 6.61 Å². The predicted molar refractivity (Wildman–Crippen MR) is 46.9 cm³/mol. The highest BCUT2D eigenvalue weighted by atomic mass is 19.4. The number of aliphatic hydroxyl groups excluding tert-OH is 1. The molecule has 0 aromatic heterocycles. The third-order valence-corrected chi connectivity index (χ3v) is 1.80. The van der Waals surface area contributed by atoms with Crippen LogP contribution in [0.15, 0.2) is 0 Å². The molecule has 0 aliphatic heterocycles. The molecule has 0 heterocycles. The molecule has 114 valence electrons. The SMILES string of the molecule is O=C(NCCOCCO)C(F)(F)C(F)(F)C(F)(F)F. The van der Waals surface area contributed by atoms with Crippen molar-refractivity contribution in [2.75, 3.05) is 26.4 Å². The number of nitrogens with one attached hydrogen (secondary N) is 1. The standard InChI is InChI=1S/C8H10F7NO3/c9-6(10,7(11,12)8(13,14)15)5(18)16-1-3-19-4-2-17/h17H,1-4H2,(H,16,18). The summed E-state index contributed by atoms with van der Waals surface area (Å²) in [4.78, 5) is 10.6. The second kappa shape index (κ2) is 6.37. The van der Waals surface area contributed by atoms with Crippen molar-refractivity contribution in [3.8, 4) is 0 Å². The van der Waals surface area contributed by atoms with Crippen LogP contribution >= 0.6 is 0 Å². The van der Waals surface area contributed by atoms with Crippen LogP contribution in [-0.2, 0) is 9.53 Å². The van der Waals surface area contributed by atoms with Crippen LogP contribution in [0.4, 0.5) is 30.7 Å². The number of rotatable bonds is 7. The van der Waals surface area contributed by atoms with Gasteiger partial charge in [0.25, 0.3) is 5.91 Å². The minimum Gasteiger partial charge on any atom is -0.394 e. The molecule has 0 atom stereocenters. The molecular formula is C8H10F7NO3. The van der Waals surface area contributed by atoms with Crippen molar-refractivity contribution in [2.45, 2.75) is 18.0 Å². The summed E-state index contributed by atoms with van der Waals surface area (Å²) in [6.45, 7) is -1.75. The number of ether oxygens (including phenoxy) is 1. The highest BCUT2D eigenvalue weighted by Crippen LogP contribution is 2.46. The fourth-order valence-electron chi connectivity index (χ4n) is 0.835. The Morgan fingerprint density at radius 3 is 2.00 bits per heavy atom. The molecule has 0 fully saturated rings. The lowest BCUT2D eigenvalue weighted by atomic mass is 10.1. The zero-order chi connectivity index (χ0) is 15.3. The molecule has 0 unspecified atom stereocenters. The third-order valence-electron chi connectivity index (χ3n) is 1.80. The summed E-state index contributed by atoms with van der Waals surface area (Å²) in [7, 11) is 0. The van der Waals surface area contributed by atoms with Gasteiger partial charge in [0.15, 0.2) is 0 Å². The van der Waals surface area contributed by atoms with E-state index in [9.17, 15) is 35.5 Å². The van der Waals surface area contributed by atoms with Crippen molar-refractivity contribution in [1.29, 1.82) is 0 Å². The molecule has 4 nitrogen and oxygen atoms in total. The lowest BCUT2D eigenvalue weighted by molar-refractivity contribution is -0.344. The molecule has 0 aromatic carbocycles. The van der Waals surface area contributed by atoms with E-state index in [0.29, 0.717) is 0 Å². The first-order valence-corrected chi connectivity index (χ1v) is 4.77. The van der Waals surface area contributed by atoms with E-state index in [4.69, 9.17) is 5.11 Å². The van der Waals surface area contributed by atoms with Crippen molar-refractivity contribution in [3.63, 3.8) is 0 Å². The first kappa shape index (κ1) is 17.9. The fraction of sp³-hybridized carbons (Fsp3) is 0.875. The summed E-state index contributed by atoms with van der Waals surface area (Å²) in [5.74, 6) is -15.2. The molecule has 19 heavy (non-hydrogen) atoms. The second-order valence-electron chi connectivity index (χ2n) is 3.24. The van der Waals surface area contributed by atoms with Crippen LogP contribution in [0.25, 0.3) is 0 Å². The molecule has 0 aliphatic carbocycles. The van der Waals surface area contributed by atoms with Gasteiger partial charge in [-0.3, -0.25) is 4.79 Å². The molecule has 0 spiro atoms. The summed E-state index contributed by atoms with van der Waals surface area (Å²) in [5.41, 5.74) is 0. The van der Waals surface area contributed by atoms with Crippen LogP contribution < -0.4 is 5.32 Å². The van der Waals surface area contributed by atoms with Crippen molar-refractivity contribution < 1.29 is 45.4 Å². The van der Waals surface area contributed by atoms with Gasteiger partial charge >= 0.3 is 18.0 Å². The van der Waals surface area contributed by atoms with Gasteiger partial charge in [0.1, 0.15) is 0 Å². The van der Waals surface area contributed by atoms with Crippen LogP contribution in [0.3, 0.4) is 0 Å². The van der Waals surface area contributed by atoms with E-state index in [1.54, 1.807) is 0 Å². The fourth-order valence-corrected chi connectivity index (χ4v) is 0.835. The van der Waals surface area contributed by atoms with Gasteiger partial charge in [-0.05, 0) is 0 Å². The van der Waals surface area contributed by atoms with E-state index >= 15 is 0 Å². The largest absolute Gasteiger partial charge is 0.460 e. The summed E-state index contributed by atoms with van der Waals surface area (Å²) in [5, 5.41) is 9.43. The van der Waals surface area contributed by atoms with Crippen LogP contribution in [0, 0.1) is 0 Å². The molecule has 0 rings (SSSR count). The molecule has 0 bridgehead atoms. The van der Waals surface area contributed by atoms with Gasteiger partial charge in [0.2, 0.25) is 0 Å². The molecule has 1 amide bonds. The van der Waals surface area contributed by atoms with E-state index in [1.165, 1.54) is 5.32 Å². The molecule has 0 aliphatic rings. The predicted octanol–water partition coefficient (Wildman–Crippen LogP) is 0.944. The normalized spacial score (nSPS) is 13.5. The lowest BCUT2D eigenvalue weighted by Crippen LogP contribution is -2.59. The number of alkyl halides is 7. The number of amides is 1. The van der Waals surface area contributed by atoms with Crippen molar-refractivity contribution >= 4 is 5.91 Å². The quantitative estimate of drug-likeness (QED) is 0.543. The average molecular weight is 301 g/mol. The Balaban J connectivity index is 4.52. The van der Waals surface area contributed by atoms with Gasteiger partial charge in [0.05, 0.1) is 19.8 Å². The van der Waals surface area contributed by atoms with Gasteiger partial charge in [-0.25, -0.2) is 0 Å². The van der Waals surface area contributed by atoms with Gasteiger partial charge in [-0.2, -0.15) is 30.7 Å². The molecule has 0 radical (unpaired) electrons. The summed E-state index contributed by atoms with van der Waals surface area (Å²) >= 11 is 0. The summed E-state index contributed by atoms with van der Waals surface area (Å²) < 4.78 is 89.8. The Labute approximate surface area is 102 Å². The summed E-state index contributed by atoms with van der Waals surface area (Å²) in [6.07, 6.45) is -6.55. The van der Waals surface area contributed by atoms with Gasteiger partial charge in [0, 0.05) is 6.54 Å². The first-order valence-electron chi connectivity index (χ1n) is 4.77. The minimum atomic E-state index is -6.55. The number of carbonyl (C=O) groups is 1. The maximum atomic E-state index is 12.7. The molecular weight excluding hydrogens is 291 g/mol. The molecule has 0 saturated carbocycles. The molecule has 2 N–H and O–H groups in total. The Hall–Kier alpha value is -1.10. The zero-order valence-electron chi connectivity index (χ0n) is 9.24. The van der Waals surface area contributed by atoms with E-state index < -0.39 is 43.7 Å². The van der Waals surface area contributed by atoms with Crippen molar-refractivity contribution in [3.05, 3.63) is 0 Å². The lowest BCUT2D eigenvalue weighted by Gasteiger charge is -2.27. The Morgan fingerprint density at radius 2 is 1.58 bits per heavy atom. The van der Waals surface area contributed by atoms with Gasteiger partial charge in [-0.15, -0.1) is 0 Å². The smallest absolute Gasteiger partial charge is 0.394 e. The van der Waals surface area contributed by atoms with Gasteiger partial charge < -0.3 is 15.2 Å². The van der Waals surface area contributed by atoms with Crippen LogP contribution in [-0.4, -0.2) is 55.4 Å². The molecule has 11 heteroatoms. The maximum absolute atomic E-state index is 12.7. The van der Waals surface area contributed by atoms with E-state index in [0.717, 1.165) is 0 Å². The Kier molecular flexibility index (Phi) is 6.00. The van der Waals surface area contributed by atoms with E-state index in [1.807, 2.05) is 0 Å². The number of carbonyl (C=O) groups excluding carboxylic acids is 1. The first-order chi connectivity index (χ1) is 8.48. The Bertz CT molecular complexity index is 305. The third kappa shape index (κ3) is 4.20. The highest BCUT2D eigenvalue weighted by molar-refractivity contribution is 5.84. The topological polar surface area (TPSA) is 58.6 Å². The molecule has 0 aromatic rings. The van der Waals surface area contributed by atoms with Gasteiger partial charge in [-0.1, -0.05) is 0 Å². The maximum Gasteiger partial charge on any atom is 0.460 e. The monoisotopic (exact) mass is 301 g/mol. The zero-order valence-corrected chi connectivity index (χ0v) is 9.24. The number of hydrogen-bond donors (Lipinski definition) is 2. The number of halogens is 7. The number of aliphatic hydroxyl groups is 1. The second-order valence-corrected chi connectivity index (χ2v) is 3.24. The highest BCUT2D eigenvalue weighted by Gasteiger charge is 2.76. The van der Waals surface area contributed by atoms with E-state index in [2.05, 4.69) is 4.74 Å². The average Bonchev–Trinajstić information content (AvgIpc) is 2.26. The van der Waals surface area contributed by atoms with Crippen LogP contribution in [0.5, 0.6) is 0 Å².